The highest BCUT2D eigenvalue weighted by molar-refractivity contribution is 9.10. The van der Waals surface area contributed by atoms with Gasteiger partial charge in [-0.05, 0) is 37.5 Å². The van der Waals surface area contributed by atoms with Crippen molar-refractivity contribution in [2.45, 2.75) is 31.8 Å². The van der Waals surface area contributed by atoms with Crippen LogP contribution in [0.15, 0.2) is 28.7 Å². The van der Waals surface area contributed by atoms with Crippen molar-refractivity contribution in [3.05, 3.63) is 34.3 Å². The maximum Gasteiger partial charge on any atom is 0.326 e. The lowest BCUT2D eigenvalue weighted by molar-refractivity contribution is -0.141. The van der Waals surface area contributed by atoms with Crippen LogP contribution in [0, 0.1) is 0 Å². The number of likely N-dealkylation sites (tertiary alicyclic amines) is 1. The molecular formula is C14H17BrN2O3. The fourth-order valence-corrected chi connectivity index (χ4v) is 2.63. The predicted molar refractivity (Wildman–Crippen MR) is 78.5 cm³/mol. The number of rotatable bonds is 3. The zero-order valence-electron chi connectivity index (χ0n) is 11.2. The third-order valence-electron chi connectivity index (χ3n) is 3.51. The molecule has 108 valence electrons. The Morgan fingerprint density at radius 1 is 1.40 bits per heavy atom. The first kappa shape index (κ1) is 14.8. The van der Waals surface area contributed by atoms with E-state index in [0.29, 0.717) is 13.0 Å². The molecule has 6 heteroatoms. The molecule has 0 radical (unpaired) electrons. The van der Waals surface area contributed by atoms with Crippen molar-refractivity contribution in [2.75, 3.05) is 6.54 Å². The molecule has 1 fully saturated rings. The monoisotopic (exact) mass is 340 g/mol. The minimum Gasteiger partial charge on any atom is -0.480 e. The van der Waals surface area contributed by atoms with Crippen molar-refractivity contribution in [3.8, 4) is 0 Å². The van der Waals surface area contributed by atoms with E-state index < -0.39 is 12.0 Å². The first-order chi connectivity index (χ1) is 9.49. The molecular weight excluding hydrogens is 324 g/mol. The van der Waals surface area contributed by atoms with Crippen LogP contribution >= 0.6 is 15.9 Å². The Morgan fingerprint density at radius 3 is 2.65 bits per heavy atom. The Kier molecular flexibility index (Phi) is 4.65. The third kappa shape index (κ3) is 3.30. The van der Waals surface area contributed by atoms with E-state index in [1.165, 1.54) is 4.90 Å². The van der Waals surface area contributed by atoms with Crippen molar-refractivity contribution < 1.29 is 14.7 Å². The largest absolute Gasteiger partial charge is 0.480 e. The van der Waals surface area contributed by atoms with Gasteiger partial charge in [0.15, 0.2) is 0 Å². The van der Waals surface area contributed by atoms with Crippen LogP contribution in [0.3, 0.4) is 0 Å². The molecule has 5 nitrogen and oxygen atoms in total. The van der Waals surface area contributed by atoms with Gasteiger partial charge in [0, 0.05) is 11.0 Å². The molecule has 1 heterocycles. The zero-order valence-corrected chi connectivity index (χ0v) is 12.8. The van der Waals surface area contributed by atoms with Crippen molar-refractivity contribution in [1.29, 1.82) is 0 Å². The lowest BCUT2D eigenvalue weighted by Crippen LogP contribution is -2.46. The maximum atomic E-state index is 12.2. The van der Waals surface area contributed by atoms with Crippen LogP contribution in [-0.2, 0) is 4.79 Å². The van der Waals surface area contributed by atoms with E-state index in [1.807, 2.05) is 31.2 Å². The lowest BCUT2D eigenvalue weighted by Gasteiger charge is -2.24. The SMILES string of the molecule is CC(NC(=O)N1CCC[C@@H]1C(=O)O)c1ccc(Br)cc1. The van der Waals surface area contributed by atoms with Crippen molar-refractivity contribution in [2.24, 2.45) is 0 Å². The number of halogens is 1. The van der Waals surface area contributed by atoms with Crippen molar-refractivity contribution in [3.63, 3.8) is 0 Å². The minimum atomic E-state index is -0.936. The normalized spacial score (nSPS) is 19.7. The van der Waals surface area contributed by atoms with E-state index in [0.717, 1.165) is 16.5 Å². The van der Waals surface area contributed by atoms with Crippen LogP contribution in [0.2, 0.25) is 0 Å². The van der Waals surface area contributed by atoms with Crippen LogP contribution < -0.4 is 5.32 Å². The fraction of sp³-hybridized carbons (Fsp3) is 0.429. The smallest absolute Gasteiger partial charge is 0.326 e. The van der Waals surface area contributed by atoms with Gasteiger partial charge in [0.2, 0.25) is 0 Å². The maximum absolute atomic E-state index is 12.2. The average molecular weight is 341 g/mol. The summed E-state index contributed by atoms with van der Waals surface area (Å²) < 4.78 is 0.977. The molecule has 2 N–H and O–H groups in total. The number of urea groups is 1. The van der Waals surface area contributed by atoms with Crippen LogP contribution in [-0.4, -0.2) is 34.6 Å². The summed E-state index contributed by atoms with van der Waals surface area (Å²) in [6.07, 6.45) is 1.26. The number of carbonyl (C=O) groups is 2. The highest BCUT2D eigenvalue weighted by atomic mass is 79.9. The molecule has 1 saturated heterocycles. The Labute approximate surface area is 126 Å². The van der Waals surface area contributed by atoms with Crippen molar-refractivity contribution >= 4 is 27.9 Å². The quantitative estimate of drug-likeness (QED) is 0.888. The van der Waals surface area contributed by atoms with Gasteiger partial charge in [-0.15, -0.1) is 0 Å². The number of amides is 2. The number of hydrogen-bond donors (Lipinski definition) is 2. The van der Waals surface area contributed by atoms with Crippen LogP contribution in [0.4, 0.5) is 4.79 Å². The number of hydrogen-bond acceptors (Lipinski definition) is 2. The summed E-state index contributed by atoms with van der Waals surface area (Å²) in [5.74, 6) is -0.936. The summed E-state index contributed by atoms with van der Waals surface area (Å²) in [6.45, 7) is 2.38. The summed E-state index contributed by atoms with van der Waals surface area (Å²) in [5.41, 5.74) is 0.979. The van der Waals surface area contributed by atoms with Gasteiger partial charge in [-0.1, -0.05) is 28.1 Å². The number of aliphatic carboxylic acids is 1. The van der Waals surface area contributed by atoms with Crippen LogP contribution in [0.5, 0.6) is 0 Å². The Hall–Kier alpha value is -1.56. The standard InChI is InChI=1S/C14H17BrN2O3/c1-9(10-4-6-11(15)7-5-10)16-14(20)17-8-2-3-12(17)13(18)19/h4-7,9,12H,2-3,8H2,1H3,(H,16,20)(H,18,19)/t9?,12-/m1/s1. The van der Waals surface area contributed by atoms with Gasteiger partial charge in [-0.25, -0.2) is 9.59 Å². The van der Waals surface area contributed by atoms with Gasteiger partial charge in [0.25, 0.3) is 0 Å². The molecule has 1 unspecified atom stereocenters. The van der Waals surface area contributed by atoms with E-state index in [9.17, 15) is 9.59 Å². The number of nitrogens with zero attached hydrogens (tertiary/aromatic N) is 1. The summed E-state index contributed by atoms with van der Waals surface area (Å²) in [6, 6.07) is 6.49. The summed E-state index contributed by atoms with van der Waals surface area (Å²) in [5, 5.41) is 11.9. The Balaban J connectivity index is 2.00. The van der Waals surface area contributed by atoms with Gasteiger partial charge >= 0.3 is 12.0 Å². The second-order valence-corrected chi connectivity index (χ2v) is 5.83. The molecule has 2 amide bonds. The van der Waals surface area contributed by atoms with Crippen LogP contribution in [0.1, 0.15) is 31.4 Å². The highest BCUT2D eigenvalue weighted by Crippen LogP contribution is 2.20. The molecule has 0 aliphatic carbocycles. The second kappa shape index (κ2) is 6.26. The van der Waals surface area contributed by atoms with Gasteiger partial charge in [0.1, 0.15) is 6.04 Å². The van der Waals surface area contributed by atoms with Gasteiger partial charge in [-0.2, -0.15) is 0 Å². The van der Waals surface area contributed by atoms with E-state index >= 15 is 0 Å². The zero-order chi connectivity index (χ0) is 14.7. The number of carboxylic acid groups (broad SMARTS) is 1. The second-order valence-electron chi connectivity index (χ2n) is 4.91. The molecule has 2 atom stereocenters. The molecule has 2 rings (SSSR count). The van der Waals surface area contributed by atoms with Crippen molar-refractivity contribution in [1.82, 2.24) is 10.2 Å². The van der Waals surface area contributed by atoms with E-state index in [1.54, 1.807) is 0 Å². The number of benzene rings is 1. The minimum absolute atomic E-state index is 0.161. The molecule has 1 aromatic rings. The van der Waals surface area contributed by atoms with E-state index in [-0.39, 0.29) is 12.1 Å². The summed E-state index contributed by atoms with van der Waals surface area (Å²) in [7, 11) is 0. The molecule has 1 aliphatic rings. The van der Waals surface area contributed by atoms with E-state index in [2.05, 4.69) is 21.2 Å². The Morgan fingerprint density at radius 2 is 2.05 bits per heavy atom. The first-order valence-electron chi connectivity index (χ1n) is 6.54. The molecule has 20 heavy (non-hydrogen) atoms. The van der Waals surface area contributed by atoms with E-state index in [4.69, 9.17) is 5.11 Å². The third-order valence-corrected chi connectivity index (χ3v) is 4.04. The lowest BCUT2D eigenvalue weighted by atomic mass is 10.1. The van der Waals surface area contributed by atoms with Gasteiger partial charge in [-0.3, -0.25) is 0 Å². The molecule has 1 aliphatic heterocycles. The number of nitrogens with one attached hydrogen (secondary N) is 1. The molecule has 0 aromatic heterocycles. The fourth-order valence-electron chi connectivity index (χ4n) is 2.37. The first-order valence-corrected chi connectivity index (χ1v) is 7.33. The summed E-state index contributed by atoms with van der Waals surface area (Å²) in [4.78, 5) is 24.6. The average Bonchev–Trinajstić information content (AvgIpc) is 2.88. The van der Waals surface area contributed by atoms with Crippen LogP contribution in [0.25, 0.3) is 0 Å². The number of carboxylic acids is 1. The Bertz CT molecular complexity index is 504. The molecule has 0 spiro atoms. The molecule has 0 saturated carbocycles. The highest BCUT2D eigenvalue weighted by Gasteiger charge is 2.34. The predicted octanol–water partition coefficient (Wildman–Crippen LogP) is 2.77. The topological polar surface area (TPSA) is 69.6 Å². The van der Waals surface area contributed by atoms with Gasteiger partial charge < -0.3 is 15.3 Å². The molecule has 0 bridgehead atoms. The number of carbonyl (C=O) groups excluding carboxylic acids is 1. The molecule has 1 aromatic carbocycles. The summed E-state index contributed by atoms with van der Waals surface area (Å²) >= 11 is 3.36. The van der Waals surface area contributed by atoms with Gasteiger partial charge in [0.05, 0.1) is 6.04 Å².